The highest BCUT2D eigenvalue weighted by atomic mass is 16.6. The van der Waals surface area contributed by atoms with Gasteiger partial charge in [0.25, 0.3) is 0 Å². The Morgan fingerprint density at radius 3 is 1.05 bits per heavy atom. The molecule has 0 heterocycles. The van der Waals surface area contributed by atoms with E-state index in [1.54, 1.807) is 0 Å². The van der Waals surface area contributed by atoms with E-state index in [0.29, 0.717) is 12.8 Å². The Balaban J connectivity index is 3.51. The number of aliphatic hydroxyl groups excluding tert-OH is 1. The highest BCUT2D eigenvalue weighted by molar-refractivity contribution is 5.70. The van der Waals surface area contributed by atoms with Crippen molar-refractivity contribution in [2.24, 2.45) is 0 Å². The molecule has 0 fully saturated rings. The van der Waals surface area contributed by atoms with Crippen LogP contribution in [0.1, 0.15) is 206 Å². The van der Waals surface area contributed by atoms with Crippen molar-refractivity contribution in [1.82, 2.24) is 0 Å². The van der Waals surface area contributed by atoms with Crippen LogP contribution in [0.25, 0.3) is 0 Å². The summed E-state index contributed by atoms with van der Waals surface area (Å²) >= 11 is 0. The highest BCUT2D eigenvalue weighted by Gasteiger charge is 2.16. The van der Waals surface area contributed by atoms with E-state index in [4.69, 9.17) is 9.47 Å². The third-order valence-corrected chi connectivity index (χ3v) is 8.40. The minimum absolute atomic E-state index is 0.0572. The van der Waals surface area contributed by atoms with Crippen molar-refractivity contribution < 1.29 is 24.2 Å². The summed E-state index contributed by atoms with van der Waals surface area (Å²) in [4.78, 5) is 24.2. The average molecular weight is 597 g/mol. The lowest BCUT2D eigenvalue weighted by atomic mass is 10.0. The Labute approximate surface area is 261 Å². The van der Waals surface area contributed by atoms with Crippen LogP contribution in [0.5, 0.6) is 0 Å². The first kappa shape index (κ1) is 40.9. The van der Waals surface area contributed by atoms with Crippen LogP contribution < -0.4 is 0 Å². The number of hydrogen-bond acceptors (Lipinski definition) is 5. The summed E-state index contributed by atoms with van der Waals surface area (Å²) < 4.78 is 10.6. The standard InChI is InChI=1S/C37H72O5/c1-3-5-7-9-11-13-15-17-18-20-22-24-26-28-30-32-37(40)42-35(33-38)34-41-36(39)31-29-27-25-23-21-19-16-14-12-10-8-6-4-2/h35,38H,3-34H2,1-2H3/t35-/m1/s1. The van der Waals surface area contributed by atoms with E-state index < -0.39 is 6.10 Å². The maximum absolute atomic E-state index is 12.1. The summed E-state index contributed by atoms with van der Waals surface area (Å²) in [5, 5.41) is 9.52. The lowest BCUT2D eigenvalue weighted by molar-refractivity contribution is -0.161. The molecule has 0 aromatic heterocycles. The van der Waals surface area contributed by atoms with Crippen molar-refractivity contribution in [2.75, 3.05) is 13.2 Å². The van der Waals surface area contributed by atoms with E-state index in [0.717, 1.165) is 32.1 Å². The quantitative estimate of drug-likeness (QED) is 0.0591. The van der Waals surface area contributed by atoms with Gasteiger partial charge in [-0.05, 0) is 12.8 Å². The lowest BCUT2D eigenvalue weighted by Crippen LogP contribution is -2.28. The smallest absolute Gasteiger partial charge is 0.306 e. The van der Waals surface area contributed by atoms with E-state index in [9.17, 15) is 14.7 Å². The van der Waals surface area contributed by atoms with Crippen molar-refractivity contribution in [1.29, 1.82) is 0 Å². The number of rotatable bonds is 34. The first-order valence-corrected chi connectivity index (χ1v) is 18.6. The van der Waals surface area contributed by atoms with Gasteiger partial charge in [-0.25, -0.2) is 0 Å². The Morgan fingerprint density at radius 1 is 0.452 bits per heavy atom. The maximum atomic E-state index is 12.1. The molecule has 0 aliphatic heterocycles. The van der Waals surface area contributed by atoms with Crippen molar-refractivity contribution in [3.8, 4) is 0 Å². The van der Waals surface area contributed by atoms with Gasteiger partial charge in [0, 0.05) is 12.8 Å². The van der Waals surface area contributed by atoms with Crippen LogP contribution >= 0.6 is 0 Å². The topological polar surface area (TPSA) is 72.8 Å². The number of esters is 2. The molecule has 0 unspecified atom stereocenters. The molecular weight excluding hydrogens is 524 g/mol. The number of aliphatic hydroxyl groups is 1. The predicted molar refractivity (Wildman–Crippen MR) is 178 cm³/mol. The van der Waals surface area contributed by atoms with Gasteiger partial charge in [0.05, 0.1) is 6.61 Å². The maximum Gasteiger partial charge on any atom is 0.306 e. The first-order valence-electron chi connectivity index (χ1n) is 18.6. The number of hydrogen-bond donors (Lipinski definition) is 1. The normalized spacial score (nSPS) is 12.0. The highest BCUT2D eigenvalue weighted by Crippen LogP contribution is 2.15. The molecule has 1 N–H and O–H groups in total. The van der Waals surface area contributed by atoms with Crippen LogP contribution in [0.2, 0.25) is 0 Å². The fourth-order valence-corrected chi connectivity index (χ4v) is 5.55. The van der Waals surface area contributed by atoms with Crippen LogP contribution in [0.3, 0.4) is 0 Å². The van der Waals surface area contributed by atoms with Crippen molar-refractivity contribution in [3.63, 3.8) is 0 Å². The number of carbonyl (C=O) groups is 2. The molecule has 0 aromatic carbocycles. The second-order valence-electron chi connectivity index (χ2n) is 12.7. The van der Waals surface area contributed by atoms with E-state index in [1.807, 2.05) is 0 Å². The van der Waals surface area contributed by atoms with Gasteiger partial charge in [0.1, 0.15) is 6.61 Å². The summed E-state index contributed by atoms with van der Waals surface area (Å²) in [6, 6.07) is 0. The van der Waals surface area contributed by atoms with Gasteiger partial charge < -0.3 is 14.6 Å². The van der Waals surface area contributed by atoms with Gasteiger partial charge in [-0.3, -0.25) is 9.59 Å². The summed E-state index contributed by atoms with van der Waals surface area (Å²) in [5.74, 6) is -0.578. The van der Waals surface area contributed by atoms with Crippen molar-refractivity contribution in [2.45, 2.75) is 213 Å². The van der Waals surface area contributed by atoms with E-state index in [2.05, 4.69) is 13.8 Å². The molecule has 1 atom stereocenters. The first-order chi connectivity index (χ1) is 20.6. The molecule has 0 radical (unpaired) electrons. The monoisotopic (exact) mass is 597 g/mol. The third kappa shape index (κ3) is 31.8. The van der Waals surface area contributed by atoms with Gasteiger partial charge in [-0.2, -0.15) is 0 Å². The summed E-state index contributed by atoms with van der Waals surface area (Å²) in [6.07, 6.45) is 35.8. The SMILES string of the molecule is CCCCCCCCCCCCCCCCCC(=O)O[C@H](CO)COC(=O)CCCCCCCCCCCCCCC. The van der Waals surface area contributed by atoms with Crippen molar-refractivity contribution >= 4 is 11.9 Å². The molecular formula is C37H72O5. The molecule has 0 saturated carbocycles. The van der Waals surface area contributed by atoms with Gasteiger partial charge in [-0.1, -0.05) is 181 Å². The van der Waals surface area contributed by atoms with E-state index in [1.165, 1.54) is 148 Å². The van der Waals surface area contributed by atoms with Gasteiger partial charge in [-0.15, -0.1) is 0 Å². The molecule has 250 valence electrons. The van der Waals surface area contributed by atoms with Gasteiger partial charge in [0.15, 0.2) is 6.10 Å². The van der Waals surface area contributed by atoms with Crippen molar-refractivity contribution in [3.05, 3.63) is 0 Å². The lowest BCUT2D eigenvalue weighted by Gasteiger charge is -2.15. The van der Waals surface area contributed by atoms with E-state index >= 15 is 0 Å². The van der Waals surface area contributed by atoms with Crippen LogP contribution in [0.15, 0.2) is 0 Å². The van der Waals surface area contributed by atoms with E-state index in [-0.39, 0.29) is 25.2 Å². The molecule has 0 aromatic rings. The fourth-order valence-electron chi connectivity index (χ4n) is 5.55. The number of unbranched alkanes of at least 4 members (excludes halogenated alkanes) is 26. The predicted octanol–water partition coefficient (Wildman–Crippen LogP) is 11.2. The largest absolute Gasteiger partial charge is 0.462 e. The summed E-state index contributed by atoms with van der Waals surface area (Å²) in [6.45, 7) is 4.15. The van der Waals surface area contributed by atoms with Crippen LogP contribution in [-0.2, 0) is 19.1 Å². The molecule has 0 aliphatic rings. The minimum Gasteiger partial charge on any atom is -0.462 e. The average Bonchev–Trinajstić information content (AvgIpc) is 2.99. The zero-order chi connectivity index (χ0) is 30.8. The molecule has 0 spiro atoms. The number of carbonyl (C=O) groups excluding carboxylic acids is 2. The molecule has 5 heteroatoms. The molecule has 5 nitrogen and oxygen atoms in total. The molecule has 0 aliphatic carbocycles. The zero-order valence-electron chi connectivity index (χ0n) is 28.3. The Morgan fingerprint density at radius 2 is 0.738 bits per heavy atom. The molecule has 0 saturated heterocycles. The van der Waals surface area contributed by atoms with Crippen LogP contribution in [-0.4, -0.2) is 36.4 Å². The van der Waals surface area contributed by atoms with Crippen LogP contribution in [0, 0.1) is 0 Å². The molecule has 42 heavy (non-hydrogen) atoms. The van der Waals surface area contributed by atoms with Gasteiger partial charge in [0.2, 0.25) is 0 Å². The zero-order valence-corrected chi connectivity index (χ0v) is 28.3. The molecule has 0 amide bonds. The van der Waals surface area contributed by atoms with Crippen LogP contribution in [0.4, 0.5) is 0 Å². The third-order valence-electron chi connectivity index (χ3n) is 8.40. The fraction of sp³-hybridized carbons (Fsp3) is 0.946. The summed E-state index contributed by atoms with van der Waals surface area (Å²) in [5.41, 5.74) is 0. The summed E-state index contributed by atoms with van der Waals surface area (Å²) in [7, 11) is 0. The second kappa shape index (κ2) is 34.4. The second-order valence-corrected chi connectivity index (χ2v) is 12.7. The Kier molecular flexibility index (Phi) is 33.5. The Hall–Kier alpha value is -1.10. The number of ether oxygens (including phenoxy) is 2. The Bertz CT molecular complexity index is 564. The molecule has 0 bridgehead atoms. The minimum atomic E-state index is -0.760. The van der Waals surface area contributed by atoms with Gasteiger partial charge >= 0.3 is 11.9 Å². The molecule has 0 rings (SSSR count).